The third-order valence-electron chi connectivity index (χ3n) is 4.05. The zero-order valence-electron chi connectivity index (χ0n) is 16.3. The molecule has 0 aliphatic heterocycles. The lowest BCUT2D eigenvalue weighted by molar-refractivity contribution is 0.0934. The molecule has 0 aromatic heterocycles. The highest BCUT2D eigenvalue weighted by molar-refractivity contribution is 7.89. The number of nitrogens with zero attached hydrogens (tertiary/aromatic N) is 1. The molecule has 2 aromatic carbocycles. The molecule has 0 unspecified atom stereocenters. The fourth-order valence-corrected chi connectivity index (χ4v) is 3.53. The van der Waals surface area contributed by atoms with Gasteiger partial charge in [0.2, 0.25) is 10.0 Å². The minimum absolute atomic E-state index is 0.0427. The first-order chi connectivity index (χ1) is 13.4. The number of hydrogen-bond acceptors (Lipinski definition) is 5. The molecule has 2 rings (SSSR count). The van der Waals surface area contributed by atoms with Gasteiger partial charge in [0.15, 0.2) is 0 Å². The molecule has 0 radical (unpaired) electrons. The van der Waals surface area contributed by atoms with Crippen LogP contribution in [0.4, 0.5) is 0 Å². The van der Waals surface area contributed by atoms with E-state index in [0.717, 1.165) is 9.87 Å². The molecular weight excluding hydrogens is 380 g/mol. The quantitative estimate of drug-likeness (QED) is 0.612. The second kappa shape index (κ2) is 10.2. The molecule has 0 atom stereocenters. The average Bonchev–Trinajstić information content (AvgIpc) is 2.70. The molecule has 8 heteroatoms. The van der Waals surface area contributed by atoms with Crippen LogP contribution in [-0.2, 0) is 21.4 Å². The van der Waals surface area contributed by atoms with E-state index in [1.807, 2.05) is 30.3 Å². The number of hydrogen-bond donors (Lipinski definition) is 1. The van der Waals surface area contributed by atoms with Gasteiger partial charge in [0.25, 0.3) is 5.91 Å². The SMILES string of the molecule is COc1ccc(C(=O)NCCCOCc2ccccc2)cc1S(=O)(=O)N(C)C. The fourth-order valence-electron chi connectivity index (χ4n) is 2.46. The molecule has 0 bridgehead atoms. The van der Waals surface area contributed by atoms with E-state index in [4.69, 9.17) is 9.47 Å². The number of ether oxygens (including phenoxy) is 2. The van der Waals surface area contributed by atoms with E-state index in [9.17, 15) is 13.2 Å². The van der Waals surface area contributed by atoms with Crippen LogP contribution in [-0.4, -0.2) is 53.0 Å². The van der Waals surface area contributed by atoms with Crippen LogP contribution in [0.25, 0.3) is 0 Å². The Morgan fingerprint density at radius 1 is 1.11 bits per heavy atom. The van der Waals surface area contributed by atoms with Crippen molar-refractivity contribution in [3.8, 4) is 5.75 Å². The van der Waals surface area contributed by atoms with E-state index in [1.54, 1.807) is 0 Å². The molecular formula is C20H26N2O5S. The molecule has 0 aliphatic carbocycles. The second-order valence-electron chi connectivity index (χ2n) is 6.30. The minimum Gasteiger partial charge on any atom is -0.495 e. The first-order valence-electron chi connectivity index (χ1n) is 8.86. The summed E-state index contributed by atoms with van der Waals surface area (Å²) in [5.74, 6) is -0.152. The predicted octanol–water partition coefficient (Wildman–Crippen LogP) is 2.28. The van der Waals surface area contributed by atoms with E-state index >= 15 is 0 Å². The normalized spacial score (nSPS) is 11.4. The van der Waals surface area contributed by atoms with Crippen molar-refractivity contribution in [3.05, 3.63) is 59.7 Å². The number of nitrogens with one attached hydrogen (secondary N) is 1. The Labute approximate surface area is 166 Å². The van der Waals surface area contributed by atoms with Crippen LogP contribution in [0.5, 0.6) is 5.75 Å². The maximum Gasteiger partial charge on any atom is 0.251 e. The van der Waals surface area contributed by atoms with Gasteiger partial charge in [0, 0.05) is 32.8 Å². The lowest BCUT2D eigenvalue weighted by Gasteiger charge is -2.15. The molecule has 2 aromatic rings. The third-order valence-corrected chi connectivity index (χ3v) is 5.88. The van der Waals surface area contributed by atoms with Gasteiger partial charge in [-0.25, -0.2) is 12.7 Å². The Hall–Kier alpha value is -2.42. The van der Waals surface area contributed by atoms with Gasteiger partial charge < -0.3 is 14.8 Å². The van der Waals surface area contributed by atoms with E-state index in [2.05, 4.69) is 5.32 Å². The van der Waals surface area contributed by atoms with Crippen LogP contribution in [0.2, 0.25) is 0 Å². The van der Waals surface area contributed by atoms with Crippen molar-refractivity contribution in [3.63, 3.8) is 0 Å². The van der Waals surface area contributed by atoms with E-state index in [-0.39, 0.29) is 22.1 Å². The van der Waals surface area contributed by atoms with Crippen LogP contribution >= 0.6 is 0 Å². The summed E-state index contributed by atoms with van der Waals surface area (Å²) in [6, 6.07) is 14.2. The lowest BCUT2D eigenvalue weighted by atomic mass is 10.2. The van der Waals surface area contributed by atoms with Gasteiger partial charge in [0.1, 0.15) is 10.6 Å². The van der Waals surface area contributed by atoms with Gasteiger partial charge in [-0.1, -0.05) is 30.3 Å². The lowest BCUT2D eigenvalue weighted by Crippen LogP contribution is -2.26. The molecule has 1 N–H and O–H groups in total. The Balaban J connectivity index is 1.88. The zero-order valence-corrected chi connectivity index (χ0v) is 17.2. The van der Waals surface area contributed by atoms with E-state index in [0.29, 0.717) is 26.2 Å². The molecule has 0 fully saturated rings. The van der Waals surface area contributed by atoms with Gasteiger partial charge in [-0.2, -0.15) is 0 Å². The first kappa shape index (κ1) is 21.9. The molecule has 0 saturated heterocycles. The maximum absolute atomic E-state index is 12.4. The van der Waals surface area contributed by atoms with Gasteiger partial charge in [-0.05, 0) is 30.2 Å². The highest BCUT2D eigenvalue weighted by Gasteiger charge is 2.23. The summed E-state index contributed by atoms with van der Waals surface area (Å²) in [5, 5.41) is 2.77. The summed E-state index contributed by atoms with van der Waals surface area (Å²) in [5.41, 5.74) is 1.35. The number of sulfonamides is 1. The summed E-state index contributed by atoms with van der Waals surface area (Å²) >= 11 is 0. The van der Waals surface area contributed by atoms with Crippen LogP contribution < -0.4 is 10.1 Å². The summed E-state index contributed by atoms with van der Waals surface area (Å²) < 4.78 is 36.6. The summed E-state index contributed by atoms with van der Waals surface area (Å²) in [7, 11) is 0.517. The summed E-state index contributed by atoms with van der Waals surface area (Å²) in [6.45, 7) is 1.46. The van der Waals surface area contributed by atoms with Gasteiger partial charge >= 0.3 is 0 Å². The molecule has 7 nitrogen and oxygen atoms in total. The first-order valence-corrected chi connectivity index (χ1v) is 10.3. The third kappa shape index (κ3) is 5.79. The monoisotopic (exact) mass is 406 g/mol. The highest BCUT2D eigenvalue weighted by atomic mass is 32.2. The van der Waals surface area contributed by atoms with Gasteiger partial charge in [-0.3, -0.25) is 4.79 Å². The average molecular weight is 407 g/mol. The van der Waals surface area contributed by atoms with E-state index < -0.39 is 10.0 Å². The Morgan fingerprint density at radius 2 is 1.82 bits per heavy atom. The zero-order chi connectivity index (χ0) is 20.6. The van der Waals surface area contributed by atoms with Crippen molar-refractivity contribution < 1.29 is 22.7 Å². The Morgan fingerprint density at radius 3 is 2.46 bits per heavy atom. The summed E-state index contributed by atoms with van der Waals surface area (Å²) in [4.78, 5) is 12.3. The number of amides is 1. The number of carbonyl (C=O) groups is 1. The number of carbonyl (C=O) groups excluding carboxylic acids is 1. The van der Waals surface area contributed by atoms with Crippen molar-refractivity contribution in [2.45, 2.75) is 17.9 Å². The smallest absolute Gasteiger partial charge is 0.251 e. The Bertz CT molecular complexity index is 883. The van der Waals surface area contributed by atoms with Crippen molar-refractivity contribution in [1.82, 2.24) is 9.62 Å². The molecule has 28 heavy (non-hydrogen) atoms. The van der Waals surface area contributed by atoms with Crippen molar-refractivity contribution in [2.75, 3.05) is 34.4 Å². The molecule has 152 valence electrons. The minimum atomic E-state index is -3.73. The fraction of sp³-hybridized carbons (Fsp3) is 0.350. The predicted molar refractivity (Wildman–Crippen MR) is 107 cm³/mol. The molecule has 0 saturated carbocycles. The number of rotatable bonds is 10. The molecule has 0 spiro atoms. The van der Waals surface area contributed by atoms with Crippen LogP contribution in [0.15, 0.2) is 53.4 Å². The van der Waals surface area contributed by atoms with Gasteiger partial charge in [0.05, 0.1) is 13.7 Å². The molecule has 1 amide bonds. The van der Waals surface area contributed by atoms with Crippen LogP contribution in [0.3, 0.4) is 0 Å². The van der Waals surface area contributed by atoms with Crippen LogP contribution in [0.1, 0.15) is 22.3 Å². The van der Waals surface area contributed by atoms with Crippen molar-refractivity contribution >= 4 is 15.9 Å². The Kier molecular flexibility index (Phi) is 7.98. The number of methoxy groups -OCH3 is 1. The van der Waals surface area contributed by atoms with Crippen LogP contribution in [0, 0.1) is 0 Å². The van der Waals surface area contributed by atoms with E-state index in [1.165, 1.54) is 39.4 Å². The summed E-state index contributed by atoms with van der Waals surface area (Å²) in [6.07, 6.45) is 0.650. The largest absolute Gasteiger partial charge is 0.495 e. The van der Waals surface area contributed by atoms with Crippen molar-refractivity contribution in [1.29, 1.82) is 0 Å². The molecule has 0 aliphatic rings. The standard InChI is InChI=1S/C20H26N2O5S/c1-22(2)28(24,25)19-14-17(10-11-18(19)26-3)20(23)21-12-7-13-27-15-16-8-5-4-6-9-16/h4-6,8-11,14H,7,12-13,15H2,1-3H3,(H,21,23). The maximum atomic E-state index is 12.4. The highest BCUT2D eigenvalue weighted by Crippen LogP contribution is 2.26. The second-order valence-corrected chi connectivity index (χ2v) is 8.42. The molecule has 0 heterocycles. The van der Waals surface area contributed by atoms with Crippen molar-refractivity contribution in [2.24, 2.45) is 0 Å². The number of benzene rings is 2. The van der Waals surface area contributed by atoms with Gasteiger partial charge in [-0.15, -0.1) is 0 Å². The topological polar surface area (TPSA) is 84.9 Å².